The van der Waals surface area contributed by atoms with E-state index in [1.807, 2.05) is 41.8 Å². The van der Waals surface area contributed by atoms with E-state index in [1.165, 1.54) is 0 Å². The lowest BCUT2D eigenvalue weighted by Gasteiger charge is -2.34. The van der Waals surface area contributed by atoms with Crippen LogP contribution >= 0.6 is 23.2 Å². The van der Waals surface area contributed by atoms with Crippen LogP contribution in [0.2, 0.25) is 10.0 Å². The van der Waals surface area contributed by atoms with Crippen LogP contribution < -0.4 is 5.32 Å². The van der Waals surface area contributed by atoms with Gasteiger partial charge in [-0.3, -0.25) is 4.79 Å². The number of benzene rings is 1. The van der Waals surface area contributed by atoms with Gasteiger partial charge in [-0.25, -0.2) is 14.6 Å². The van der Waals surface area contributed by atoms with E-state index in [0.29, 0.717) is 16.6 Å². The Balaban J connectivity index is 1.46. The van der Waals surface area contributed by atoms with Crippen molar-refractivity contribution in [2.75, 3.05) is 13.1 Å². The minimum absolute atomic E-state index is 0.00888. The Kier molecular flexibility index (Phi) is 6.35. The third kappa shape index (κ3) is 4.21. The molecule has 3 atom stereocenters. The number of amides is 1. The van der Waals surface area contributed by atoms with Crippen molar-refractivity contribution >= 4 is 45.8 Å². The first-order chi connectivity index (χ1) is 16.3. The number of hydrogen-bond donors (Lipinski definition) is 1. The molecule has 0 bridgehead atoms. The molecule has 9 heteroatoms. The molecule has 5 rings (SSSR count). The molecule has 2 aliphatic heterocycles. The predicted octanol–water partition coefficient (Wildman–Crippen LogP) is 4.81. The molecule has 1 saturated heterocycles. The summed E-state index contributed by atoms with van der Waals surface area (Å²) < 4.78 is 1.88. The van der Waals surface area contributed by atoms with Gasteiger partial charge in [0.25, 0.3) is 0 Å². The van der Waals surface area contributed by atoms with Crippen molar-refractivity contribution in [1.82, 2.24) is 30.0 Å². The number of nitrogens with one attached hydrogen (secondary N) is 1. The number of carbonyl (C=O) groups excluding carboxylic acids is 1. The number of halogens is 2. The van der Waals surface area contributed by atoms with Crippen molar-refractivity contribution in [2.24, 2.45) is 0 Å². The van der Waals surface area contributed by atoms with Crippen LogP contribution in [-0.4, -0.2) is 55.7 Å². The third-order valence-corrected chi connectivity index (χ3v) is 7.44. The quantitative estimate of drug-likeness (QED) is 0.558. The maximum atomic E-state index is 12.9. The van der Waals surface area contributed by atoms with Crippen molar-refractivity contribution in [2.45, 2.75) is 58.2 Å². The van der Waals surface area contributed by atoms with Crippen LogP contribution in [0, 0.1) is 6.92 Å². The predicted molar refractivity (Wildman–Crippen MR) is 135 cm³/mol. The molecular formula is C25H28Cl2N6O. The highest BCUT2D eigenvalue weighted by Crippen LogP contribution is 2.32. The summed E-state index contributed by atoms with van der Waals surface area (Å²) in [6.45, 7) is 7.64. The number of rotatable bonds is 4. The highest BCUT2D eigenvalue weighted by molar-refractivity contribution is 6.35. The second-order valence-electron chi connectivity index (χ2n) is 9.16. The topological polar surface area (TPSA) is 75.9 Å². The van der Waals surface area contributed by atoms with Gasteiger partial charge in [0.1, 0.15) is 5.52 Å². The van der Waals surface area contributed by atoms with Gasteiger partial charge in [0.15, 0.2) is 5.65 Å². The first kappa shape index (κ1) is 23.3. The van der Waals surface area contributed by atoms with Crippen LogP contribution in [0.1, 0.15) is 56.1 Å². The van der Waals surface area contributed by atoms with Gasteiger partial charge in [0.05, 0.1) is 29.7 Å². The molecule has 7 nitrogen and oxygen atoms in total. The van der Waals surface area contributed by atoms with Gasteiger partial charge in [-0.2, -0.15) is 5.10 Å². The fraction of sp³-hybridized carbons (Fsp3) is 0.440. The van der Waals surface area contributed by atoms with Crippen molar-refractivity contribution in [3.8, 4) is 0 Å². The van der Waals surface area contributed by atoms with Gasteiger partial charge in [0, 0.05) is 22.6 Å². The zero-order valence-corrected chi connectivity index (χ0v) is 21.1. The molecule has 178 valence electrons. The molecule has 2 aromatic heterocycles. The van der Waals surface area contributed by atoms with E-state index in [4.69, 9.17) is 38.3 Å². The summed E-state index contributed by atoms with van der Waals surface area (Å²) in [4.78, 5) is 24.6. The highest BCUT2D eigenvalue weighted by atomic mass is 35.5. The van der Waals surface area contributed by atoms with E-state index >= 15 is 0 Å². The van der Waals surface area contributed by atoms with Gasteiger partial charge in [-0.1, -0.05) is 35.3 Å². The monoisotopic (exact) mass is 498 g/mol. The SMILES string of the molecule is Cc1nn(C(C)c2ccc(Cl)cc2Cl)c2nc(C3=C[C@H](C)N(C(=O)C4CCCN4)CC3)cnc12. The molecule has 3 aromatic rings. The van der Waals surface area contributed by atoms with E-state index in [9.17, 15) is 4.79 Å². The van der Waals surface area contributed by atoms with Crippen LogP contribution in [-0.2, 0) is 4.79 Å². The number of aryl methyl sites for hydroxylation is 1. The van der Waals surface area contributed by atoms with E-state index in [-0.39, 0.29) is 24.0 Å². The summed E-state index contributed by atoms with van der Waals surface area (Å²) >= 11 is 12.6. The van der Waals surface area contributed by atoms with Gasteiger partial charge in [-0.15, -0.1) is 0 Å². The smallest absolute Gasteiger partial charge is 0.240 e. The average molecular weight is 499 g/mol. The first-order valence-electron chi connectivity index (χ1n) is 11.7. The molecule has 0 spiro atoms. The molecule has 1 aromatic carbocycles. The normalized spacial score (nSPS) is 21.7. The van der Waals surface area contributed by atoms with Crippen LogP contribution in [0.25, 0.3) is 16.7 Å². The fourth-order valence-electron chi connectivity index (χ4n) is 4.98. The Morgan fingerprint density at radius 1 is 1.29 bits per heavy atom. The summed E-state index contributed by atoms with van der Waals surface area (Å²) in [6, 6.07) is 5.31. The Hall–Kier alpha value is -2.48. The molecule has 2 aliphatic rings. The van der Waals surface area contributed by atoms with Gasteiger partial charge < -0.3 is 10.2 Å². The zero-order valence-electron chi connectivity index (χ0n) is 19.6. The zero-order chi connectivity index (χ0) is 24.0. The van der Waals surface area contributed by atoms with Crippen LogP contribution in [0.5, 0.6) is 0 Å². The minimum atomic E-state index is -0.142. The van der Waals surface area contributed by atoms with E-state index in [2.05, 4.69) is 18.3 Å². The Morgan fingerprint density at radius 2 is 2.12 bits per heavy atom. The molecule has 1 fully saturated rings. The van der Waals surface area contributed by atoms with Gasteiger partial charge >= 0.3 is 0 Å². The van der Waals surface area contributed by atoms with Crippen molar-refractivity contribution < 1.29 is 4.79 Å². The molecule has 0 aliphatic carbocycles. The first-order valence-corrected chi connectivity index (χ1v) is 12.5. The Bertz CT molecular complexity index is 1280. The van der Waals surface area contributed by atoms with Crippen LogP contribution in [0.4, 0.5) is 0 Å². The molecule has 0 saturated carbocycles. The van der Waals surface area contributed by atoms with Gasteiger partial charge in [-0.05, 0) is 69.8 Å². The number of hydrogen-bond acceptors (Lipinski definition) is 5. The summed E-state index contributed by atoms with van der Waals surface area (Å²) in [6.07, 6.45) is 6.67. The highest BCUT2D eigenvalue weighted by Gasteiger charge is 2.31. The second-order valence-corrected chi connectivity index (χ2v) is 10.0. The third-order valence-electron chi connectivity index (χ3n) is 6.88. The molecule has 34 heavy (non-hydrogen) atoms. The number of aromatic nitrogens is 4. The number of fused-ring (bicyclic) bond motifs is 1. The lowest BCUT2D eigenvalue weighted by Crippen LogP contribution is -2.48. The van der Waals surface area contributed by atoms with E-state index < -0.39 is 0 Å². The largest absolute Gasteiger partial charge is 0.335 e. The Labute approximate surface area is 209 Å². The lowest BCUT2D eigenvalue weighted by atomic mass is 9.99. The van der Waals surface area contributed by atoms with Crippen LogP contribution in [0.3, 0.4) is 0 Å². The summed E-state index contributed by atoms with van der Waals surface area (Å²) in [5.74, 6) is 0.198. The number of nitrogens with zero attached hydrogens (tertiary/aromatic N) is 5. The second kappa shape index (κ2) is 9.29. The summed E-state index contributed by atoms with van der Waals surface area (Å²) in [5, 5.41) is 9.24. The minimum Gasteiger partial charge on any atom is -0.335 e. The average Bonchev–Trinajstić information content (AvgIpc) is 3.46. The summed E-state index contributed by atoms with van der Waals surface area (Å²) in [5.41, 5.74) is 5.15. The van der Waals surface area contributed by atoms with E-state index in [0.717, 1.165) is 59.5 Å². The molecular weight excluding hydrogens is 471 g/mol. The van der Waals surface area contributed by atoms with Crippen molar-refractivity contribution in [3.05, 3.63) is 57.5 Å². The molecule has 1 N–H and O–H groups in total. The number of carbonyl (C=O) groups is 1. The summed E-state index contributed by atoms with van der Waals surface area (Å²) in [7, 11) is 0. The molecule has 4 heterocycles. The maximum Gasteiger partial charge on any atom is 0.240 e. The maximum absolute atomic E-state index is 12.9. The molecule has 2 unspecified atom stereocenters. The van der Waals surface area contributed by atoms with Crippen molar-refractivity contribution in [3.63, 3.8) is 0 Å². The molecule has 1 amide bonds. The standard InChI is InChI=1S/C25H28Cl2N6O/c1-14-11-17(8-10-32(14)25(34)21-5-4-9-28-21)22-13-29-23-15(2)31-33(24(23)30-22)16(3)19-7-6-18(26)12-20(19)27/h6-7,11-14,16,21,28H,4-5,8-10H2,1-3H3/t14-,16?,21?/m0/s1. The van der Waals surface area contributed by atoms with Crippen molar-refractivity contribution in [1.29, 1.82) is 0 Å². The Morgan fingerprint density at radius 3 is 2.82 bits per heavy atom. The van der Waals surface area contributed by atoms with Crippen LogP contribution in [0.15, 0.2) is 30.5 Å². The fourth-order valence-corrected chi connectivity index (χ4v) is 5.54. The van der Waals surface area contributed by atoms with E-state index in [1.54, 1.807) is 6.07 Å². The van der Waals surface area contributed by atoms with Gasteiger partial charge in [0.2, 0.25) is 5.91 Å². The lowest BCUT2D eigenvalue weighted by molar-refractivity contribution is -0.134. The molecule has 0 radical (unpaired) electrons.